The minimum atomic E-state index is -0.650. The summed E-state index contributed by atoms with van der Waals surface area (Å²) in [7, 11) is 0. The van der Waals surface area contributed by atoms with Gasteiger partial charge in [0.1, 0.15) is 0 Å². The van der Waals surface area contributed by atoms with Gasteiger partial charge in [0.25, 0.3) is 0 Å². The van der Waals surface area contributed by atoms with Crippen LogP contribution in [0.4, 0.5) is 34.1 Å². The van der Waals surface area contributed by atoms with E-state index in [1.807, 2.05) is 0 Å². The van der Waals surface area contributed by atoms with E-state index in [0.717, 1.165) is 34.1 Å². The Balaban J connectivity index is 0.706. The quantitative estimate of drug-likeness (QED) is 0.153. The predicted octanol–water partition coefficient (Wildman–Crippen LogP) is 25.0. The predicted molar refractivity (Wildman–Crippen MR) is 427 cm³/mol. The van der Waals surface area contributed by atoms with Gasteiger partial charge in [-0.05, 0) is 228 Å². The van der Waals surface area contributed by atoms with Crippen LogP contribution in [-0.2, 0) is 21.7 Å². The SMILES string of the molecule is c1ccc(N(c2ccc3c(c2)C2(c4ccccc4-3)c3ccccc3C3(c4ccccc4-c4ccccc43)c3ccccc32)c2ccc3ccc4ccc(N(c5ccccc5)c5ccc6c(c5)C5(c7ccccc7-6)c6ccccc6C6(c7ccccc7-c7ccccc76)c6ccccc65)cc4c3c2)cc1. The van der Waals surface area contributed by atoms with Crippen molar-refractivity contribution in [2.45, 2.75) is 21.7 Å². The van der Waals surface area contributed by atoms with Crippen molar-refractivity contribution in [1.29, 1.82) is 0 Å². The molecule has 6 aliphatic carbocycles. The van der Waals surface area contributed by atoms with Crippen LogP contribution in [0.2, 0.25) is 0 Å². The lowest BCUT2D eigenvalue weighted by atomic mass is 9.52. The van der Waals surface area contributed by atoms with E-state index in [0.29, 0.717) is 0 Å². The summed E-state index contributed by atoms with van der Waals surface area (Å²) in [6, 6.07) is 148. The highest BCUT2D eigenvalue weighted by Gasteiger charge is 2.61. The maximum Gasteiger partial charge on any atom is 0.0720 e. The van der Waals surface area contributed by atoms with Crippen LogP contribution in [0.1, 0.15) is 89.0 Å². The van der Waals surface area contributed by atoms with Gasteiger partial charge in [-0.25, -0.2) is 0 Å². The van der Waals surface area contributed by atoms with E-state index in [4.69, 9.17) is 0 Å². The van der Waals surface area contributed by atoms with E-state index >= 15 is 0 Å². The zero-order chi connectivity index (χ0) is 68.0. The van der Waals surface area contributed by atoms with E-state index < -0.39 is 21.7 Å². The van der Waals surface area contributed by atoms with Crippen molar-refractivity contribution in [3.8, 4) is 44.5 Å². The third-order valence-corrected chi connectivity index (χ3v) is 24.8. The van der Waals surface area contributed by atoms with Gasteiger partial charge in [0.15, 0.2) is 0 Å². The second-order valence-electron chi connectivity index (χ2n) is 29.1. The van der Waals surface area contributed by atoms with Crippen LogP contribution < -0.4 is 9.80 Å². The van der Waals surface area contributed by atoms with Crippen LogP contribution in [0, 0.1) is 0 Å². The molecule has 0 atom stereocenters. The summed E-state index contributed by atoms with van der Waals surface area (Å²) in [5.41, 5.74) is 35.6. The lowest BCUT2D eigenvalue weighted by Crippen LogP contribution is -2.43. The molecular weight excluding hydrogens is 1250 g/mol. The molecule has 2 heteroatoms. The number of fused-ring (bicyclic) bond motifs is 35. The summed E-state index contributed by atoms with van der Waals surface area (Å²) in [6.45, 7) is 0. The van der Waals surface area contributed by atoms with Gasteiger partial charge in [0.2, 0.25) is 0 Å². The van der Waals surface area contributed by atoms with Gasteiger partial charge in [0, 0.05) is 34.1 Å². The highest BCUT2D eigenvalue weighted by molar-refractivity contribution is 6.11. The fourth-order valence-electron chi connectivity index (χ4n) is 21.1. The molecule has 0 amide bonds. The second kappa shape index (κ2) is 21.2. The minimum Gasteiger partial charge on any atom is -0.310 e. The summed E-state index contributed by atoms with van der Waals surface area (Å²) in [4.78, 5) is 4.99. The smallest absolute Gasteiger partial charge is 0.0720 e. The first-order valence-corrected chi connectivity index (χ1v) is 36.5. The molecule has 0 N–H and O–H groups in total. The van der Waals surface area contributed by atoms with Crippen molar-refractivity contribution in [2.24, 2.45) is 0 Å². The molecule has 17 aromatic carbocycles. The van der Waals surface area contributed by atoms with E-state index in [2.05, 4.69) is 398 Å². The van der Waals surface area contributed by atoms with Gasteiger partial charge in [-0.2, -0.15) is 0 Å². The van der Waals surface area contributed by atoms with Crippen molar-refractivity contribution in [3.63, 3.8) is 0 Å². The zero-order valence-electron chi connectivity index (χ0n) is 56.8. The normalized spacial score (nSPS) is 14.8. The van der Waals surface area contributed by atoms with E-state index in [1.165, 1.54) is 155 Å². The van der Waals surface area contributed by atoms with Crippen molar-refractivity contribution >= 4 is 55.7 Å². The van der Waals surface area contributed by atoms with Crippen molar-refractivity contribution < 1.29 is 0 Å². The molecule has 0 heterocycles. The third-order valence-electron chi connectivity index (χ3n) is 24.8. The largest absolute Gasteiger partial charge is 0.310 e. The Labute approximate surface area is 605 Å². The highest BCUT2D eigenvalue weighted by Crippen LogP contribution is 2.70. The molecule has 0 saturated heterocycles. The van der Waals surface area contributed by atoms with E-state index in [1.54, 1.807) is 0 Å². The Kier molecular flexibility index (Phi) is 11.8. The first kappa shape index (κ1) is 57.6. The summed E-state index contributed by atoms with van der Waals surface area (Å²) < 4.78 is 0. The van der Waals surface area contributed by atoms with Crippen LogP contribution in [0.5, 0.6) is 0 Å². The lowest BCUT2D eigenvalue weighted by Gasteiger charge is -2.49. The zero-order valence-corrected chi connectivity index (χ0v) is 56.8. The molecule has 0 radical (unpaired) electrons. The Bertz CT molecular complexity index is 5950. The molecule has 0 unspecified atom stereocenters. The molecule has 23 rings (SSSR count). The van der Waals surface area contributed by atoms with Crippen LogP contribution in [0.15, 0.2) is 388 Å². The molecule has 104 heavy (non-hydrogen) atoms. The number of hydrogen-bond acceptors (Lipinski definition) is 2. The second-order valence-corrected chi connectivity index (χ2v) is 29.1. The topological polar surface area (TPSA) is 6.48 Å². The van der Waals surface area contributed by atoms with Crippen molar-refractivity contribution in [3.05, 3.63) is 477 Å². The molecule has 2 nitrogen and oxygen atoms in total. The number of hydrogen-bond donors (Lipinski definition) is 0. The van der Waals surface area contributed by atoms with Crippen LogP contribution >= 0.6 is 0 Å². The first-order valence-electron chi connectivity index (χ1n) is 36.5. The monoisotopic (exact) mass is 1320 g/mol. The van der Waals surface area contributed by atoms with Gasteiger partial charge in [-0.1, -0.05) is 315 Å². The minimum absolute atomic E-state index is 0.532. The number of benzene rings is 17. The summed E-state index contributed by atoms with van der Waals surface area (Å²) >= 11 is 0. The first-order chi connectivity index (χ1) is 51.6. The Morgan fingerprint density at radius 3 is 0.596 bits per heavy atom. The molecule has 6 aliphatic rings. The fourth-order valence-corrected chi connectivity index (χ4v) is 21.1. The van der Waals surface area contributed by atoms with E-state index in [9.17, 15) is 0 Å². The van der Waals surface area contributed by atoms with Crippen molar-refractivity contribution in [2.75, 3.05) is 9.80 Å². The Hall–Kier alpha value is -13.1. The molecule has 482 valence electrons. The molecule has 0 fully saturated rings. The number of rotatable bonds is 6. The Morgan fingerprint density at radius 2 is 0.327 bits per heavy atom. The van der Waals surface area contributed by atoms with Crippen LogP contribution in [0.25, 0.3) is 66.1 Å². The maximum atomic E-state index is 2.54. The van der Waals surface area contributed by atoms with E-state index in [-0.39, 0.29) is 0 Å². The van der Waals surface area contributed by atoms with Gasteiger partial charge in [0.05, 0.1) is 21.7 Å². The average molecular weight is 1320 g/mol. The van der Waals surface area contributed by atoms with Gasteiger partial charge in [-0.3, -0.25) is 0 Å². The number of para-hydroxylation sites is 2. The number of nitrogens with zero attached hydrogens (tertiary/aromatic N) is 2. The molecule has 0 aromatic heterocycles. The highest BCUT2D eigenvalue weighted by atomic mass is 15.1. The standard InChI is InChI=1S/C102H64N2/c1-3-27-67(28-4-1)103(71-57-59-79-77-35-11-17-41-87(77)101(97(79)63-71)93-47-23-19-43-89(93)99(90-44-20-24-48-94(90)101)83-37-13-7-31-73(83)74-32-8-14-38-84(74)99)69-55-53-65-51-52-66-54-56-70(62-82(66)81(65)61-69)104(68-29-5-2-6-30-68)72-58-60-80-78-36-12-18-42-88(78)102(98(80)64-72)95-49-25-21-45-91(95)100(92-46-22-26-50-96(92)102)85-39-15-9-33-75(85)76-34-10-16-40-86(76)100/h1-64H. The maximum absolute atomic E-state index is 2.54. The summed E-state index contributed by atoms with van der Waals surface area (Å²) in [5.74, 6) is 0. The van der Waals surface area contributed by atoms with Crippen LogP contribution in [0.3, 0.4) is 0 Å². The molecule has 4 spiro atoms. The lowest BCUT2D eigenvalue weighted by molar-refractivity contribution is 0.633. The molecule has 0 bridgehead atoms. The van der Waals surface area contributed by atoms with Gasteiger partial charge >= 0.3 is 0 Å². The molecule has 17 aromatic rings. The third kappa shape index (κ3) is 7.14. The molecular formula is C102H64N2. The molecule has 0 saturated carbocycles. The van der Waals surface area contributed by atoms with Gasteiger partial charge in [-0.15, -0.1) is 0 Å². The summed E-state index contributed by atoms with van der Waals surface area (Å²) in [5, 5.41) is 4.72. The fraction of sp³-hybridized carbons (Fsp3) is 0.0392. The van der Waals surface area contributed by atoms with Crippen molar-refractivity contribution in [1.82, 2.24) is 0 Å². The van der Waals surface area contributed by atoms with Gasteiger partial charge < -0.3 is 9.80 Å². The Morgan fingerprint density at radius 1 is 0.135 bits per heavy atom. The number of anilines is 6. The average Bonchev–Trinajstić information content (AvgIpc) is 1.46. The van der Waals surface area contributed by atoms with Crippen LogP contribution in [-0.4, -0.2) is 0 Å². The molecule has 0 aliphatic heterocycles. The summed E-state index contributed by atoms with van der Waals surface area (Å²) in [6.07, 6.45) is 0.